The molecule has 0 aliphatic rings. The summed E-state index contributed by atoms with van der Waals surface area (Å²) in [7, 11) is 0. The van der Waals surface area contributed by atoms with Crippen LogP contribution in [0.5, 0.6) is 5.75 Å². The number of halogens is 2. The Morgan fingerprint density at radius 1 is 1.33 bits per heavy atom. The van der Waals surface area contributed by atoms with Crippen LogP contribution in [0.3, 0.4) is 0 Å². The normalized spacial score (nSPS) is 14.6. The Balaban J connectivity index is 2.90. The minimum Gasteiger partial charge on any atom is -0.434 e. The fourth-order valence-corrected chi connectivity index (χ4v) is 1.83. The molecule has 1 aromatic carbocycles. The van der Waals surface area contributed by atoms with Gasteiger partial charge in [-0.15, -0.1) is 0 Å². The van der Waals surface area contributed by atoms with Gasteiger partial charge in [0.25, 0.3) is 0 Å². The summed E-state index contributed by atoms with van der Waals surface area (Å²) in [6, 6.07) is 6.55. The molecule has 0 aliphatic carbocycles. The quantitative estimate of drug-likeness (QED) is 0.583. The average Bonchev–Trinajstić information content (AvgIpc) is 2.36. The van der Waals surface area contributed by atoms with Crippen molar-refractivity contribution >= 4 is 0 Å². The van der Waals surface area contributed by atoms with E-state index in [0.29, 0.717) is 11.5 Å². The number of hydrogen-bond donors (Lipinski definition) is 2. The zero-order valence-electron chi connectivity index (χ0n) is 10.7. The highest BCUT2D eigenvalue weighted by atomic mass is 19.3. The predicted molar refractivity (Wildman–Crippen MR) is 67.2 cm³/mol. The second kappa shape index (κ2) is 7.28. The lowest BCUT2D eigenvalue weighted by Gasteiger charge is -2.22. The van der Waals surface area contributed by atoms with Gasteiger partial charge in [0.15, 0.2) is 0 Å². The molecule has 0 fully saturated rings. The predicted octanol–water partition coefficient (Wildman–Crippen LogP) is 3.23. The fraction of sp³-hybridized carbons (Fsp3) is 0.538. The van der Waals surface area contributed by atoms with Gasteiger partial charge in [-0.3, -0.25) is 11.3 Å². The van der Waals surface area contributed by atoms with Crippen LogP contribution >= 0.6 is 0 Å². The zero-order chi connectivity index (χ0) is 13.5. The Morgan fingerprint density at radius 2 is 2.00 bits per heavy atom. The third kappa shape index (κ3) is 4.23. The van der Waals surface area contributed by atoms with Crippen molar-refractivity contribution in [3.8, 4) is 5.75 Å². The molecule has 3 N–H and O–H groups in total. The molecule has 1 aromatic rings. The van der Waals surface area contributed by atoms with E-state index in [0.717, 1.165) is 12.8 Å². The summed E-state index contributed by atoms with van der Waals surface area (Å²) in [5.41, 5.74) is 3.34. The summed E-state index contributed by atoms with van der Waals surface area (Å²) in [6.45, 7) is 1.36. The van der Waals surface area contributed by atoms with Crippen LogP contribution < -0.4 is 16.0 Å². The molecule has 0 amide bonds. The van der Waals surface area contributed by atoms with Crippen LogP contribution in [-0.4, -0.2) is 6.61 Å². The maximum atomic E-state index is 12.3. The van der Waals surface area contributed by atoms with E-state index >= 15 is 0 Å². The maximum absolute atomic E-state index is 12.3. The van der Waals surface area contributed by atoms with Gasteiger partial charge in [0.2, 0.25) is 0 Å². The van der Waals surface area contributed by atoms with Crippen molar-refractivity contribution < 1.29 is 13.5 Å². The van der Waals surface area contributed by atoms with Gasteiger partial charge in [-0.25, -0.2) is 0 Å². The van der Waals surface area contributed by atoms with Gasteiger partial charge in [0.05, 0.1) is 0 Å². The van der Waals surface area contributed by atoms with Crippen molar-refractivity contribution in [1.82, 2.24) is 5.43 Å². The van der Waals surface area contributed by atoms with Crippen LogP contribution in [0.15, 0.2) is 24.3 Å². The highest BCUT2D eigenvalue weighted by Gasteiger charge is 2.18. The monoisotopic (exact) mass is 258 g/mol. The van der Waals surface area contributed by atoms with Gasteiger partial charge in [-0.2, -0.15) is 8.78 Å². The van der Waals surface area contributed by atoms with Crippen LogP contribution in [0.4, 0.5) is 8.78 Å². The molecular formula is C13H20F2N2O. The van der Waals surface area contributed by atoms with Crippen LogP contribution in [0, 0.1) is 5.92 Å². The molecular weight excluding hydrogens is 238 g/mol. The molecule has 18 heavy (non-hydrogen) atoms. The summed E-state index contributed by atoms with van der Waals surface area (Å²) in [5, 5.41) is 0. The Morgan fingerprint density at radius 3 is 2.56 bits per heavy atom. The number of ether oxygens (including phenoxy) is 1. The van der Waals surface area contributed by atoms with Crippen molar-refractivity contribution in [2.24, 2.45) is 11.8 Å². The van der Waals surface area contributed by atoms with Crippen LogP contribution in [0.1, 0.15) is 38.3 Å². The summed E-state index contributed by atoms with van der Waals surface area (Å²) in [6.07, 6.45) is 1.78. The lowest BCUT2D eigenvalue weighted by Crippen LogP contribution is -2.29. The topological polar surface area (TPSA) is 47.3 Å². The smallest absolute Gasteiger partial charge is 0.387 e. The average molecular weight is 258 g/mol. The Bertz CT molecular complexity index is 361. The highest BCUT2D eigenvalue weighted by molar-refractivity contribution is 5.35. The van der Waals surface area contributed by atoms with Crippen molar-refractivity contribution in [1.29, 1.82) is 0 Å². The second-order valence-corrected chi connectivity index (χ2v) is 4.38. The first-order valence-corrected chi connectivity index (χ1v) is 6.08. The molecule has 0 saturated carbocycles. The number of rotatable bonds is 7. The molecule has 5 heteroatoms. The van der Waals surface area contributed by atoms with Gasteiger partial charge < -0.3 is 4.74 Å². The summed E-state index contributed by atoms with van der Waals surface area (Å²) in [4.78, 5) is 0. The third-order valence-electron chi connectivity index (χ3n) is 3.05. The Hall–Kier alpha value is -1.20. The lowest BCUT2D eigenvalue weighted by atomic mass is 9.94. The number of para-hydroxylation sites is 1. The standard InChI is InChI=1S/C13H20F2N2O/c1-3-9(2)8-11(17-16)10-6-4-5-7-12(10)18-13(14)15/h4-7,9,11,13,17H,3,8,16H2,1-2H3. The van der Waals surface area contributed by atoms with Crippen LogP contribution in [0.25, 0.3) is 0 Å². The van der Waals surface area contributed by atoms with E-state index < -0.39 is 6.61 Å². The maximum Gasteiger partial charge on any atom is 0.387 e. The van der Waals surface area contributed by atoms with Crippen molar-refractivity contribution in [3.63, 3.8) is 0 Å². The highest BCUT2D eigenvalue weighted by Crippen LogP contribution is 2.30. The van der Waals surface area contributed by atoms with E-state index in [1.165, 1.54) is 6.07 Å². The van der Waals surface area contributed by atoms with Crippen LogP contribution in [-0.2, 0) is 0 Å². The van der Waals surface area contributed by atoms with Crippen molar-refractivity contribution in [2.45, 2.75) is 39.3 Å². The van der Waals surface area contributed by atoms with E-state index in [2.05, 4.69) is 24.0 Å². The number of alkyl halides is 2. The number of benzene rings is 1. The molecule has 0 heterocycles. The van der Waals surface area contributed by atoms with Gasteiger partial charge in [-0.1, -0.05) is 38.5 Å². The van der Waals surface area contributed by atoms with E-state index in [1.54, 1.807) is 18.2 Å². The Kier molecular flexibility index (Phi) is 6.01. The molecule has 2 unspecified atom stereocenters. The molecule has 1 rings (SSSR count). The number of hydrogen-bond acceptors (Lipinski definition) is 3. The molecule has 2 atom stereocenters. The molecule has 0 bridgehead atoms. The molecule has 0 saturated heterocycles. The van der Waals surface area contributed by atoms with E-state index in [9.17, 15) is 8.78 Å². The van der Waals surface area contributed by atoms with Gasteiger partial charge >= 0.3 is 6.61 Å². The molecule has 0 spiro atoms. The van der Waals surface area contributed by atoms with E-state index in [4.69, 9.17) is 5.84 Å². The van der Waals surface area contributed by atoms with E-state index in [-0.39, 0.29) is 11.8 Å². The third-order valence-corrected chi connectivity index (χ3v) is 3.05. The second-order valence-electron chi connectivity index (χ2n) is 4.38. The fourth-order valence-electron chi connectivity index (χ4n) is 1.83. The first-order chi connectivity index (χ1) is 8.58. The minimum absolute atomic E-state index is 0.179. The van der Waals surface area contributed by atoms with Crippen molar-refractivity contribution in [3.05, 3.63) is 29.8 Å². The molecule has 0 aliphatic heterocycles. The zero-order valence-corrected chi connectivity index (χ0v) is 10.7. The van der Waals surface area contributed by atoms with Gasteiger partial charge in [-0.05, 0) is 18.4 Å². The van der Waals surface area contributed by atoms with Crippen molar-refractivity contribution in [2.75, 3.05) is 0 Å². The van der Waals surface area contributed by atoms with E-state index in [1.807, 2.05) is 0 Å². The number of nitrogens with two attached hydrogens (primary N) is 1. The first-order valence-electron chi connectivity index (χ1n) is 6.08. The molecule has 3 nitrogen and oxygen atoms in total. The molecule has 102 valence electrons. The summed E-state index contributed by atoms with van der Waals surface area (Å²) in [5.74, 6) is 6.14. The lowest BCUT2D eigenvalue weighted by molar-refractivity contribution is -0.0507. The molecule has 0 aromatic heterocycles. The SMILES string of the molecule is CCC(C)CC(NN)c1ccccc1OC(F)F. The first kappa shape index (κ1) is 14.9. The largest absolute Gasteiger partial charge is 0.434 e. The van der Waals surface area contributed by atoms with Gasteiger partial charge in [0.1, 0.15) is 5.75 Å². The number of nitrogens with one attached hydrogen (secondary N) is 1. The number of hydrazine groups is 1. The molecule has 0 radical (unpaired) electrons. The summed E-state index contributed by atoms with van der Waals surface area (Å²) >= 11 is 0. The van der Waals surface area contributed by atoms with Crippen LogP contribution in [0.2, 0.25) is 0 Å². The Labute approximate surface area is 106 Å². The summed E-state index contributed by atoms with van der Waals surface area (Å²) < 4.78 is 29.2. The minimum atomic E-state index is -2.83. The van der Waals surface area contributed by atoms with Gasteiger partial charge in [0, 0.05) is 11.6 Å².